The predicted octanol–water partition coefficient (Wildman–Crippen LogP) is 3.36. The number of halogens is 3. The summed E-state index contributed by atoms with van der Waals surface area (Å²) in [5, 5.41) is 0.680. The minimum Gasteiger partial charge on any atom is -0.483 e. The first-order chi connectivity index (χ1) is 7.91. The first kappa shape index (κ1) is 12.9. The molecule has 0 bridgehead atoms. The average Bonchev–Trinajstić information content (AvgIpc) is 2.27. The summed E-state index contributed by atoms with van der Waals surface area (Å²) in [6, 6.07) is 1.60. The van der Waals surface area contributed by atoms with Gasteiger partial charge < -0.3 is 9.47 Å². The predicted molar refractivity (Wildman–Crippen MR) is 64.3 cm³/mol. The Morgan fingerprint density at radius 3 is 2.88 bits per heavy atom. The summed E-state index contributed by atoms with van der Waals surface area (Å²) in [6.45, 7) is 0.632. The molecule has 0 saturated heterocycles. The monoisotopic (exact) mass is 325 g/mol. The van der Waals surface area contributed by atoms with E-state index in [1.54, 1.807) is 6.07 Å². The van der Waals surface area contributed by atoms with Gasteiger partial charge in [-0.25, -0.2) is 13.8 Å². The molecule has 0 saturated carbocycles. The molecule has 1 atom stereocenters. The molecular weight excluding hydrogens is 316 g/mol. The van der Waals surface area contributed by atoms with Crippen LogP contribution in [-0.4, -0.2) is 29.9 Å². The second kappa shape index (κ2) is 4.61. The van der Waals surface area contributed by atoms with Crippen LogP contribution in [0.2, 0.25) is 0 Å². The van der Waals surface area contributed by atoms with Crippen LogP contribution < -0.4 is 9.47 Å². The number of rotatable bonds is 2. The highest BCUT2D eigenvalue weighted by molar-refractivity contribution is 9.10. The summed E-state index contributed by atoms with van der Waals surface area (Å²) in [5.41, 5.74) is 0. The molecule has 0 radical (unpaired) electrons. The molecule has 1 aliphatic heterocycles. The fraction of sp³-hybridized carbons (Fsp3) is 0.500. The maximum Gasteiger partial charge on any atom is 0.284 e. The molecule has 1 aliphatic rings. The average molecular weight is 326 g/mol. The smallest absolute Gasteiger partial charge is 0.284 e. The van der Waals surface area contributed by atoms with E-state index in [4.69, 9.17) is 9.47 Å². The Morgan fingerprint density at radius 2 is 2.29 bits per heavy atom. The van der Waals surface area contributed by atoms with E-state index in [9.17, 15) is 8.78 Å². The number of fused-ring (bicyclic) bond motifs is 1. The van der Waals surface area contributed by atoms with Crippen molar-refractivity contribution in [2.75, 3.05) is 12.9 Å². The van der Waals surface area contributed by atoms with Crippen molar-refractivity contribution in [3.8, 4) is 11.5 Å². The molecule has 94 valence electrons. The van der Waals surface area contributed by atoms with Crippen molar-refractivity contribution in [1.29, 1.82) is 0 Å². The topological polar surface area (TPSA) is 31.4 Å². The van der Waals surface area contributed by atoms with E-state index >= 15 is 0 Å². The number of thioether (sulfide) groups is 1. The molecule has 2 heterocycles. The summed E-state index contributed by atoms with van der Waals surface area (Å²) >= 11 is 4.63. The molecule has 3 nitrogen and oxygen atoms in total. The van der Waals surface area contributed by atoms with Crippen molar-refractivity contribution < 1.29 is 18.3 Å². The van der Waals surface area contributed by atoms with Crippen molar-refractivity contribution in [2.24, 2.45) is 0 Å². The van der Waals surface area contributed by atoms with Crippen LogP contribution >= 0.6 is 27.7 Å². The quantitative estimate of drug-likeness (QED) is 0.616. The van der Waals surface area contributed by atoms with Gasteiger partial charge in [-0.1, -0.05) is 0 Å². The first-order valence-electron chi connectivity index (χ1n) is 4.83. The molecule has 0 N–H and O–H groups in total. The highest BCUT2D eigenvalue weighted by Gasteiger charge is 2.40. The summed E-state index contributed by atoms with van der Waals surface area (Å²) < 4.78 is 37.3. The Kier molecular flexibility index (Phi) is 3.49. The molecule has 0 fully saturated rings. The lowest BCUT2D eigenvalue weighted by Crippen LogP contribution is -2.42. The zero-order chi connectivity index (χ0) is 12.6. The Morgan fingerprint density at radius 1 is 1.59 bits per heavy atom. The number of alkyl halides is 2. The van der Waals surface area contributed by atoms with E-state index in [-0.39, 0.29) is 6.61 Å². The lowest BCUT2D eigenvalue weighted by atomic mass is 10.2. The van der Waals surface area contributed by atoms with Crippen molar-refractivity contribution in [2.45, 2.75) is 24.0 Å². The van der Waals surface area contributed by atoms with Gasteiger partial charge in [0.15, 0.2) is 22.2 Å². The van der Waals surface area contributed by atoms with Crippen LogP contribution in [0.5, 0.6) is 11.5 Å². The Balaban J connectivity index is 2.34. The van der Waals surface area contributed by atoms with E-state index in [2.05, 4.69) is 20.9 Å². The largest absolute Gasteiger partial charge is 0.483 e. The van der Waals surface area contributed by atoms with Crippen molar-refractivity contribution in [1.82, 2.24) is 4.98 Å². The fourth-order valence-electron chi connectivity index (χ4n) is 1.38. The molecule has 7 heteroatoms. The normalized spacial score (nSPS) is 19.2. The number of ether oxygens (including phenoxy) is 2. The zero-order valence-corrected chi connectivity index (χ0v) is 11.6. The molecule has 0 aromatic carbocycles. The third-order valence-corrected chi connectivity index (χ3v) is 3.46. The van der Waals surface area contributed by atoms with Crippen molar-refractivity contribution in [3.63, 3.8) is 0 Å². The molecule has 1 unspecified atom stereocenters. The van der Waals surface area contributed by atoms with Crippen LogP contribution in [0.4, 0.5) is 8.78 Å². The third kappa shape index (κ3) is 2.65. The number of nitrogens with zero attached hydrogens (tertiary/aromatic N) is 1. The minimum atomic E-state index is -2.94. The zero-order valence-electron chi connectivity index (χ0n) is 9.17. The van der Waals surface area contributed by atoms with E-state index in [0.29, 0.717) is 21.1 Å². The Bertz CT molecular complexity index is 439. The van der Waals surface area contributed by atoms with Gasteiger partial charge in [-0.3, -0.25) is 0 Å². The lowest BCUT2D eigenvalue weighted by molar-refractivity contribution is -0.105. The fourth-order valence-corrected chi connectivity index (χ4v) is 2.40. The van der Waals surface area contributed by atoms with Crippen LogP contribution in [-0.2, 0) is 0 Å². The molecular formula is C10H10BrF2NO2S. The summed E-state index contributed by atoms with van der Waals surface area (Å²) in [5.74, 6) is -2.26. The maximum absolute atomic E-state index is 13.1. The molecule has 17 heavy (non-hydrogen) atoms. The van der Waals surface area contributed by atoms with Gasteiger partial charge in [0.2, 0.25) is 0 Å². The van der Waals surface area contributed by atoms with Crippen LogP contribution in [0.1, 0.15) is 6.92 Å². The summed E-state index contributed by atoms with van der Waals surface area (Å²) in [4.78, 5) is 4.18. The maximum atomic E-state index is 13.1. The van der Waals surface area contributed by atoms with E-state index in [1.165, 1.54) is 11.8 Å². The van der Waals surface area contributed by atoms with Gasteiger partial charge in [0, 0.05) is 13.0 Å². The molecule has 0 spiro atoms. The summed E-state index contributed by atoms with van der Waals surface area (Å²) in [6.07, 6.45) is 0.579. The molecule has 2 rings (SSSR count). The highest BCUT2D eigenvalue weighted by atomic mass is 79.9. The third-order valence-electron chi connectivity index (χ3n) is 2.30. The Labute approximate surface area is 110 Å². The Hall–Kier alpha value is -0.560. The molecule has 1 aromatic rings. The highest BCUT2D eigenvalue weighted by Crippen LogP contribution is 2.41. The number of aromatic nitrogens is 1. The van der Waals surface area contributed by atoms with Gasteiger partial charge in [-0.05, 0) is 22.2 Å². The van der Waals surface area contributed by atoms with Crippen LogP contribution in [0.3, 0.4) is 0 Å². The molecule has 0 aliphatic carbocycles. The van der Waals surface area contributed by atoms with Crippen LogP contribution in [0.25, 0.3) is 0 Å². The van der Waals surface area contributed by atoms with Gasteiger partial charge in [-0.15, -0.1) is 11.8 Å². The van der Waals surface area contributed by atoms with Gasteiger partial charge in [0.1, 0.15) is 11.6 Å². The summed E-state index contributed by atoms with van der Waals surface area (Å²) in [7, 11) is 0. The number of hydrogen-bond acceptors (Lipinski definition) is 4. The SMILES string of the molecule is CSc1cc2c(c(Br)n1)OCC(C(C)(F)F)O2. The van der Waals surface area contributed by atoms with Gasteiger partial charge >= 0.3 is 0 Å². The molecule has 1 aromatic heterocycles. The minimum absolute atomic E-state index is 0.185. The second-order valence-corrected chi connectivity index (χ2v) is 5.23. The van der Waals surface area contributed by atoms with Crippen molar-refractivity contribution >= 4 is 27.7 Å². The lowest BCUT2D eigenvalue weighted by Gasteiger charge is -2.30. The number of hydrogen-bond donors (Lipinski definition) is 0. The molecule has 0 amide bonds. The number of pyridine rings is 1. The van der Waals surface area contributed by atoms with Gasteiger partial charge in [-0.2, -0.15) is 0 Å². The first-order valence-corrected chi connectivity index (χ1v) is 6.85. The van der Waals surface area contributed by atoms with E-state index in [1.807, 2.05) is 6.26 Å². The standard InChI is InChI=1S/C10H10BrF2NO2S/c1-10(12,13)6-4-15-8-5(16-6)3-7(17-2)14-9(8)11/h3,6H,4H2,1-2H3. The van der Waals surface area contributed by atoms with Crippen LogP contribution in [0.15, 0.2) is 15.7 Å². The van der Waals surface area contributed by atoms with Crippen molar-refractivity contribution in [3.05, 3.63) is 10.7 Å². The van der Waals surface area contributed by atoms with Crippen LogP contribution in [0, 0.1) is 0 Å². The van der Waals surface area contributed by atoms with E-state index in [0.717, 1.165) is 6.92 Å². The second-order valence-electron chi connectivity index (χ2n) is 3.66. The van der Waals surface area contributed by atoms with Gasteiger partial charge in [0.05, 0.1) is 0 Å². The van der Waals surface area contributed by atoms with Gasteiger partial charge in [0.25, 0.3) is 5.92 Å². The van der Waals surface area contributed by atoms with E-state index < -0.39 is 12.0 Å².